The Morgan fingerprint density at radius 2 is 1.90 bits per heavy atom. The molecule has 0 unspecified atom stereocenters. The first-order valence-corrected chi connectivity index (χ1v) is 7.80. The molecule has 0 aliphatic heterocycles. The predicted molar refractivity (Wildman–Crippen MR) is 86.3 cm³/mol. The Labute approximate surface area is 126 Å². The molecule has 0 bridgehead atoms. The molecule has 0 atom stereocenters. The van der Waals surface area contributed by atoms with Crippen LogP contribution < -0.4 is 5.32 Å². The van der Waals surface area contributed by atoms with Gasteiger partial charge in [-0.15, -0.1) is 0 Å². The molecule has 0 spiro atoms. The maximum absolute atomic E-state index is 4.61. The fourth-order valence-corrected chi connectivity index (χ4v) is 3.11. The van der Waals surface area contributed by atoms with Crippen molar-refractivity contribution in [1.29, 1.82) is 0 Å². The molecule has 1 N–H and O–H groups in total. The monoisotopic (exact) mass is 286 g/mol. The average molecular weight is 286 g/mol. The van der Waals surface area contributed by atoms with Crippen LogP contribution in [-0.2, 0) is 6.54 Å². The number of aryl methyl sites for hydroxylation is 2. The van der Waals surface area contributed by atoms with Gasteiger partial charge in [-0.3, -0.25) is 0 Å². The van der Waals surface area contributed by atoms with E-state index < -0.39 is 0 Å². The van der Waals surface area contributed by atoms with Gasteiger partial charge in [-0.1, -0.05) is 43.8 Å². The zero-order valence-corrected chi connectivity index (χ0v) is 13.4. The molecule has 0 saturated heterocycles. The summed E-state index contributed by atoms with van der Waals surface area (Å²) in [6.07, 6.45) is 0. The quantitative estimate of drug-likeness (QED) is 0.884. The van der Waals surface area contributed by atoms with Crippen molar-refractivity contribution in [3.63, 3.8) is 0 Å². The average Bonchev–Trinajstić information content (AvgIpc) is 2.36. The molecule has 106 valence electrons. The van der Waals surface area contributed by atoms with Crippen molar-refractivity contribution in [3.8, 4) is 0 Å². The molecule has 3 heteroatoms. The summed E-state index contributed by atoms with van der Waals surface area (Å²) in [6.45, 7) is 9.39. The number of nitrogens with zero attached hydrogens (tertiary/aromatic N) is 1. The lowest BCUT2D eigenvalue weighted by Gasteiger charge is -2.12. The minimum atomic E-state index is 0.493. The Morgan fingerprint density at radius 1 is 1.15 bits per heavy atom. The van der Waals surface area contributed by atoms with Crippen LogP contribution in [0, 0.1) is 13.8 Å². The molecule has 1 heterocycles. The largest absolute Gasteiger partial charge is 0.310 e. The Hall–Kier alpha value is -1.32. The van der Waals surface area contributed by atoms with Crippen LogP contribution >= 0.6 is 11.8 Å². The SMILES string of the molecule is Cc1cc(C)nc(Sc2ccccc2CNC(C)C)c1. The zero-order valence-electron chi connectivity index (χ0n) is 12.6. The van der Waals surface area contributed by atoms with Gasteiger partial charge < -0.3 is 5.32 Å². The van der Waals surface area contributed by atoms with Gasteiger partial charge in [-0.2, -0.15) is 0 Å². The highest BCUT2D eigenvalue weighted by Gasteiger charge is 2.06. The van der Waals surface area contributed by atoms with Gasteiger partial charge in [0, 0.05) is 23.2 Å². The summed E-state index contributed by atoms with van der Waals surface area (Å²) in [5, 5.41) is 4.55. The Kier molecular flexibility index (Phi) is 5.21. The highest BCUT2D eigenvalue weighted by molar-refractivity contribution is 7.99. The van der Waals surface area contributed by atoms with Gasteiger partial charge in [0.15, 0.2) is 0 Å². The van der Waals surface area contributed by atoms with Gasteiger partial charge >= 0.3 is 0 Å². The molecule has 20 heavy (non-hydrogen) atoms. The molecule has 0 radical (unpaired) electrons. The molecule has 1 aromatic heterocycles. The van der Waals surface area contributed by atoms with E-state index in [9.17, 15) is 0 Å². The van der Waals surface area contributed by atoms with E-state index in [1.165, 1.54) is 16.0 Å². The number of rotatable bonds is 5. The summed E-state index contributed by atoms with van der Waals surface area (Å²) < 4.78 is 0. The van der Waals surface area contributed by atoms with Gasteiger partial charge in [-0.05, 0) is 43.2 Å². The van der Waals surface area contributed by atoms with E-state index in [0.29, 0.717) is 6.04 Å². The van der Waals surface area contributed by atoms with E-state index in [1.54, 1.807) is 11.8 Å². The number of hydrogen-bond acceptors (Lipinski definition) is 3. The molecule has 0 amide bonds. The number of aromatic nitrogens is 1. The van der Waals surface area contributed by atoms with E-state index in [2.05, 4.69) is 67.5 Å². The molecule has 0 saturated carbocycles. The lowest BCUT2D eigenvalue weighted by Crippen LogP contribution is -2.22. The Morgan fingerprint density at radius 3 is 2.60 bits per heavy atom. The summed E-state index contributed by atoms with van der Waals surface area (Å²) in [5.74, 6) is 0. The number of hydrogen-bond donors (Lipinski definition) is 1. The number of nitrogens with one attached hydrogen (secondary N) is 1. The van der Waals surface area contributed by atoms with Crippen LogP contribution in [0.15, 0.2) is 46.3 Å². The number of pyridine rings is 1. The van der Waals surface area contributed by atoms with Gasteiger partial charge in [0.05, 0.1) is 0 Å². The van der Waals surface area contributed by atoms with Crippen molar-refractivity contribution < 1.29 is 0 Å². The summed E-state index contributed by atoms with van der Waals surface area (Å²) in [6, 6.07) is 13.3. The fraction of sp³-hybridized carbons (Fsp3) is 0.353. The summed E-state index contributed by atoms with van der Waals surface area (Å²) in [7, 11) is 0. The van der Waals surface area contributed by atoms with Crippen LogP contribution in [0.25, 0.3) is 0 Å². The Balaban J connectivity index is 2.20. The van der Waals surface area contributed by atoms with E-state index in [-0.39, 0.29) is 0 Å². The summed E-state index contributed by atoms with van der Waals surface area (Å²) in [5.41, 5.74) is 3.66. The maximum atomic E-state index is 4.61. The van der Waals surface area contributed by atoms with Crippen LogP contribution in [0.1, 0.15) is 30.7 Å². The van der Waals surface area contributed by atoms with Crippen molar-refractivity contribution in [2.24, 2.45) is 0 Å². The second kappa shape index (κ2) is 6.91. The minimum Gasteiger partial charge on any atom is -0.310 e. The van der Waals surface area contributed by atoms with Gasteiger partial charge in [-0.25, -0.2) is 4.98 Å². The van der Waals surface area contributed by atoms with Gasteiger partial charge in [0.25, 0.3) is 0 Å². The topological polar surface area (TPSA) is 24.9 Å². The molecule has 1 aromatic carbocycles. The first-order valence-electron chi connectivity index (χ1n) is 6.99. The van der Waals surface area contributed by atoms with Crippen molar-refractivity contribution >= 4 is 11.8 Å². The molecule has 0 aliphatic rings. The summed E-state index contributed by atoms with van der Waals surface area (Å²) in [4.78, 5) is 5.88. The number of benzene rings is 1. The fourth-order valence-electron chi connectivity index (χ4n) is 2.03. The second-order valence-electron chi connectivity index (χ2n) is 5.37. The van der Waals surface area contributed by atoms with Crippen LogP contribution in [0.2, 0.25) is 0 Å². The van der Waals surface area contributed by atoms with Crippen molar-refractivity contribution in [2.75, 3.05) is 0 Å². The van der Waals surface area contributed by atoms with Gasteiger partial charge in [0.2, 0.25) is 0 Å². The highest BCUT2D eigenvalue weighted by Crippen LogP contribution is 2.29. The normalized spacial score (nSPS) is 11.1. The van der Waals surface area contributed by atoms with Crippen LogP contribution in [0.4, 0.5) is 0 Å². The van der Waals surface area contributed by atoms with E-state index in [4.69, 9.17) is 0 Å². The third-order valence-corrected chi connectivity index (χ3v) is 4.00. The first-order chi connectivity index (χ1) is 9.54. The molecular formula is C17H22N2S. The maximum Gasteiger partial charge on any atom is 0.101 e. The van der Waals surface area contributed by atoms with Crippen molar-refractivity contribution in [2.45, 2.75) is 50.2 Å². The third-order valence-electron chi connectivity index (χ3n) is 2.96. The zero-order chi connectivity index (χ0) is 14.5. The molecule has 2 rings (SSSR count). The molecule has 0 fully saturated rings. The van der Waals surface area contributed by atoms with Crippen molar-refractivity contribution in [3.05, 3.63) is 53.2 Å². The molecule has 2 aromatic rings. The standard InChI is InChI=1S/C17H22N2S/c1-12(2)18-11-15-7-5-6-8-16(15)20-17-10-13(3)9-14(4)19-17/h5-10,12,18H,11H2,1-4H3. The van der Waals surface area contributed by atoms with Crippen molar-refractivity contribution in [1.82, 2.24) is 10.3 Å². The molecular weight excluding hydrogens is 264 g/mol. The van der Waals surface area contributed by atoms with E-state index in [1.807, 2.05) is 6.92 Å². The second-order valence-corrected chi connectivity index (χ2v) is 6.43. The minimum absolute atomic E-state index is 0.493. The Bertz CT molecular complexity index is 559. The van der Waals surface area contributed by atoms with E-state index in [0.717, 1.165) is 17.3 Å². The van der Waals surface area contributed by atoms with Crippen LogP contribution in [0.3, 0.4) is 0 Å². The third kappa shape index (κ3) is 4.36. The van der Waals surface area contributed by atoms with Gasteiger partial charge in [0.1, 0.15) is 5.03 Å². The highest BCUT2D eigenvalue weighted by atomic mass is 32.2. The lowest BCUT2D eigenvalue weighted by molar-refractivity contribution is 0.585. The lowest BCUT2D eigenvalue weighted by atomic mass is 10.2. The molecule has 0 aliphatic carbocycles. The molecule has 2 nitrogen and oxygen atoms in total. The van der Waals surface area contributed by atoms with Crippen LogP contribution in [-0.4, -0.2) is 11.0 Å². The van der Waals surface area contributed by atoms with Crippen LogP contribution in [0.5, 0.6) is 0 Å². The summed E-state index contributed by atoms with van der Waals surface area (Å²) >= 11 is 1.74. The smallest absolute Gasteiger partial charge is 0.101 e. The predicted octanol–water partition coefficient (Wildman–Crippen LogP) is 4.35. The first kappa shape index (κ1) is 15.1. The van der Waals surface area contributed by atoms with E-state index >= 15 is 0 Å².